The molecule has 3 aromatic carbocycles. The fourth-order valence-corrected chi connectivity index (χ4v) is 5.09. The number of halogens is 2. The average molecular weight is 533 g/mol. The monoisotopic (exact) mass is 532 g/mol. The van der Waals surface area contributed by atoms with Crippen LogP contribution in [0, 0.1) is 5.82 Å². The molecule has 2 aliphatic rings. The molecule has 0 saturated carbocycles. The lowest BCUT2D eigenvalue weighted by molar-refractivity contribution is -0.552. The molecule has 1 unspecified atom stereocenters. The van der Waals surface area contributed by atoms with Crippen molar-refractivity contribution in [3.63, 3.8) is 0 Å². The lowest BCUT2D eigenvalue weighted by atomic mass is 10.1. The van der Waals surface area contributed by atoms with Gasteiger partial charge in [-0.3, -0.25) is 19.5 Å². The number of hydrogen-bond acceptors (Lipinski definition) is 4. The van der Waals surface area contributed by atoms with E-state index in [4.69, 9.17) is 16.6 Å². The van der Waals surface area contributed by atoms with Gasteiger partial charge in [-0.25, -0.2) is 13.8 Å². The van der Waals surface area contributed by atoms with Gasteiger partial charge in [0.15, 0.2) is 0 Å². The summed E-state index contributed by atoms with van der Waals surface area (Å²) in [5.74, 6) is 0.0307. The summed E-state index contributed by atoms with van der Waals surface area (Å²) in [4.78, 5) is 35.5. The Balaban J connectivity index is 1.56. The van der Waals surface area contributed by atoms with Gasteiger partial charge in [0, 0.05) is 32.7 Å². The number of fused-ring (bicyclic) bond motifs is 1. The van der Waals surface area contributed by atoms with E-state index in [2.05, 4.69) is 29.2 Å². The maximum atomic E-state index is 14.9. The second kappa shape index (κ2) is 10.8. The molecule has 7 nitrogen and oxygen atoms in total. The van der Waals surface area contributed by atoms with E-state index in [1.54, 1.807) is 23.8 Å². The Morgan fingerprint density at radius 1 is 0.868 bits per heavy atom. The molecule has 0 N–H and O–H groups in total. The highest BCUT2D eigenvalue weighted by atomic mass is 35.5. The van der Waals surface area contributed by atoms with Gasteiger partial charge in [-0.15, -0.1) is 0 Å². The van der Waals surface area contributed by atoms with Crippen molar-refractivity contribution in [1.82, 2.24) is 14.7 Å². The van der Waals surface area contributed by atoms with E-state index in [1.807, 2.05) is 36.4 Å². The molecule has 38 heavy (non-hydrogen) atoms. The average Bonchev–Trinajstić information content (AvgIpc) is 3.27. The highest BCUT2D eigenvalue weighted by molar-refractivity contribution is 6.31. The Kier molecular flexibility index (Phi) is 7.35. The molecule has 0 bridgehead atoms. The molecule has 3 amide bonds. The van der Waals surface area contributed by atoms with Crippen LogP contribution in [0.15, 0.2) is 83.9 Å². The van der Waals surface area contributed by atoms with Crippen molar-refractivity contribution in [3.8, 4) is 0 Å². The Hall–Kier alpha value is -3.88. The lowest BCUT2D eigenvalue weighted by Crippen LogP contribution is -2.61. The molecule has 2 aliphatic heterocycles. The quantitative estimate of drug-likeness (QED) is 0.404. The SMILES string of the molecule is CN1C(=O)C2C(=NC(CN(Cc3ccccc3)Cc3ccccc3)=[N+]2Cc2c(F)cccc2Cl)N(C)C1=O. The van der Waals surface area contributed by atoms with Gasteiger partial charge in [-0.2, -0.15) is 0 Å². The molecular weight excluding hydrogens is 505 g/mol. The Bertz CT molecular complexity index is 1370. The number of rotatable bonds is 8. The molecular formula is C29H28ClFN5O2+. The number of amides is 3. The standard InChI is InChI=1S/C29H28ClFN5O2/c1-33-27-26(28(37)34(2)29(33)38)36(18-22-23(30)14-9-15-24(22)31)25(32-27)19-35(16-20-10-5-3-6-11-20)17-21-12-7-4-8-13-21/h3-15,26H,16-19H2,1-2H3/q+1. The maximum Gasteiger partial charge on any atom is 0.333 e. The Morgan fingerprint density at radius 2 is 1.47 bits per heavy atom. The van der Waals surface area contributed by atoms with E-state index in [1.165, 1.54) is 18.0 Å². The molecule has 2 heterocycles. The third-order valence-electron chi connectivity index (χ3n) is 6.87. The summed E-state index contributed by atoms with van der Waals surface area (Å²) in [6.07, 6.45) is 0. The third-order valence-corrected chi connectivity index (χ3v) is 7.22. The van der Waals surface area contributed by atoms with Crippen molar-refractivity contribution < 1.29 is 18.6 Å². The van der Waals surface area contributed by atoms with E-state index in [9.17, 15) is 14.0 Å². The molecule has 194 valence electrons. The summed E-state index contributed by atoms with van der Waals surface area (Å²) in [5, 5.41) is 0.268. The van der Waals surface area contributed by atoms with Crippen LogP contribution in [0.3, 0.4) is 0 Å². The van der Waals surface area contributed by atoms with Crippen LogP contribution >= 0.6 is 11.6 Å². The van der Waals surface area contributed by atoms with Crippen LogP contribution in [0.1, 0.15) is 16.7 Å². The number of imide groups is 1. The van der Waals surface area contributed by atoms with E-state index >= 15 is 0 Å². The fraction of sp³-hybridized carbons (Fsp3) is 0.241. The van der Waals surface area contributed by atoms with Gasteiger partial charge < -0.3 is 0 Å². The van der Waals surface area contributed by atoms with E-state index in [0.717, 1.165) is 16.0 Å². The van der Waals surface area contributed by atoms with Gasteiger partial charge in [-0.05, 0) is 28.3 Å². The van der Waals surface area contributed by atoms with Gasteiger partial charge in [0.2, 0.25) is 0 Å². The van der Waals surface area contributed by atoms with Gasteiger partial charge >= 0.3 is 11.9 Å². The first kappa shape index (κ1) is 25.8. The van der Waals surface area contributed by atoms with Crippen molar-refractivity contribution in [3.05, 3.63) is 106 Å². The molecule has 0 aromatic heterocycles. The molecule has 1 fully saturated rings. The van der Waals surface area contributed by atoms with Gasteiger partial charge in [0.05, 0.1) is 5.02 Å². The maximum absolute atomic E-state index is 14.9. The first-order valence-electron chi connectivity index (χ1n) is 12.3. The van der Waals surface area contributed by atoms with Crippen LogP contribution in [0.2, 0.25) is 5.02 Å². The summed E-state index contributed by atoms with van der Waals surface area (Å²) < 4.78 is 16.6. The minimum atomic E-state index is -0.858. The van der Waals surface area contributed by atoms with E-state index < -0.39 is 23.8 Å². The third kappa shape index (κ3) is 5.10. The molecule has 0 spiro atoms. The second-order valence-electron chi connectivity index (χ2n) is 9.47. The molecule has 9 heteroatoms. The highest BCUT2D eigenvalue weighted by Gasteiger charge is 2.53. The summed E-state index contributed by atoms with van der Waals surface area (Å²) >= 11 is 6.38. The summed E-state index contributed by atoms with van der Waals surface area (Å²) in [5.41, 5.74) is 2.52. The molecule has 5 rings (SSSR count). The number of carbonyl (C=O) groups is 2. The first-order chi connectivity index (χ1) is 18.3. The number of carbonyl (C=O) groups excluding carboxylic acids is 2. The molecule has 1 saturated heterocycles. The van der Waals surface area contributed by atoms with Gasteiger partial charge in [0.1, 0.15) is 18.9 Å². The number of aliphatic imine (C=N–C) groups is 1. The number of nitrogens with zero attached hydrogens (tertiary/aromatic N) is 5. The predicted molar refractivity (Wildman–Crippen MR) is 145 cm³/mol. The van der Waals surface area contributed by atoms with Crippen molar-refractivity contribution in [1.29, 1.82) is 0 Å². The minimum absolute atomic E-state index is 0.0324. The number of benzene rings is 3. The van der Waals surface area contributed by atoms with E-state index in [-0.39, 0.29) is 17.1 Å². The summed E-state index contributed by atoms with van der Waals surface area (Å²) in [6.45, 7) is 1.66. The molecule has 1 atom stereocenters. The van der Waals surface area contributed by atoms with Crippen LogP contribution in [-0.2, 0) is 24.4 Å². The fourth-order valence-electron chi connectivity index (χ4n) is 4.86. The smallest absolute Gasteiger partial charge is 0.284 e. The van der Waals surface area contributed by atoms with Crippen LogP contribution in [0.5, 0.6) is 0 Å². The van der Waals surface area contributed by atoms with Crippen molar-refractivity contribution >= 4 is 35.2 Å². The summed E-state index contributed by atoms with van der Waals surface area (Å²) in [6, 6.07) is 23.4. The van der Waals surface area contributed by atoms with Crippen LogP contribution < -0.4 is 0 Å². The highest BCUT2D eigenvalue weighted by Crippen LogP contribution is 2.25. The van der Waals surface area contributed by atoms with E-state index in [0.29, 0.717) is 31.3 Å². The van der Waals surface area contributed by atoms with Crippen LogP contribution in [0.4, 0.5) is 9.18 Å². The lowest BCUT2D eigenvalue weighted by Gasteiger charge is -2.30. The van der Waals surface area contributed by atoms with Gasteiger partial charge in [-0.1, -0.05) is 78.3 Å². The van der Waals surface area contributed by atoms with Crippen molar-refractivity contribution in [2.75, 3.05) is 20.6 Å². The van der Waals surface area contributed by atoms with Crippen LogP contribution in [0.25, 0.3) is 0 Å². The predicted octanol–water partition coefficient (Wildman–Crippen LogP) is 4.40. The number of likely N-dealkylation sites (N-methyl/N-ethyl adjacent to an activating group) is 2. The molecule has 3 aromatic rings. The zero-order valence-electron chi connectivity index (χ0n) is 21.2. The topological polar surface area (TPSA) is 59.2 Å². The number of amidine groups is 2. The zero-order chi connectivity index (χ0) is 26.8. The Labute approximate surface area is 226 Å². The first-order valence-corrected chi connectivity index (χ1v) is 12.7. The largest absolute Gasteiger partial charge is 0.333 e. The van der Waals surface area contributed by atoms with Crippen molar-refractivity contribution in [2.24, 2.45) is 4.99 Å². The summed E-state index contributed by atoms with van der Waals surface area (Å²) in [7, 11) is 3.04. The van der Waals surface area contributed by atoms with Crippen LogP contribution in [-0.4, -0.2) is 69.6 Å². The number of urea groups is 1. The number of hydrogen-bond donors (Lipinski definition) is 0. The molecule has 0 radical (unpaired) electrons. The normalized spacial score (nSPS) is 17.4. The van der Waals surface area contributed by atoms with Crippen molar-refractivity contribution in [2.45, 2.75) is 25.7 Å². The van der Waals surface area contributed by atoms with Gasteiger partial charge in [0.25, 0.3) is 17.8 Å². The Morgan fingerprint density at radius 3 is 2.05 bits per heavy atom. The zero-order valence-corrected chi connectivity index (χ0v) is 22.0. The minimum Gasteiger partial charge on any atom is -0.284 e. The second-order valence-corrected chi connectivity index (χ2v) is 9.88. The molecule has 0 aliphatic carbocycles.